The minimum atomic E-state index is -1.20. The third-order valence-corrected chi connectivity index (χ3v) is 6.72. The summed E-state index contributed by atoms with van der Waals surface area (Å²) < 4.78 is 6.03. The lowest BCUT2D eigenvalue weighted by atomic mass is 9.90. The smallest absolute Gasteiger partial charge is 0.336 e. The summed E-state index contributed by atoms with van der Waals surface area (Å²) in [4.78, 5) is 35.1. The molecule has 2 N–H and O–H groups in total. The summed E-state index contributed by atoms with van der Waals surface area (Å²) in [5, 5.41) is 31.7. The number of hydrogen-bond acceptors (Lipinski definition) is 6. The van der Waals surface area contributed by atoms with E-state index in [0.717, 1.165) is 6.07 Å². The Morgan fingerprint density at radius 3 is 2.39 bits per heavy atom. The van der Waals surface area contributed by atoms with Gasteiger partial charge in [-0.2, -0.15) is 0 Å². The van der Waals surface area contributed by atoms with E-state index in [2.05, 4.69) is 47.8 Å². The number of rotatable bonds is 3. The van der Waals surface area contributed by atoms with Crippen LogP contribution in [0.15, 0.2) is 59.0 Å². The third kappa shape index (κ3) is 3.33. The summed E-state index contributed by atoms with van der Waals surface area (Å²) in [6.07, 6.45) is 0. The number of benzene rings is 3. The molecule has 0 atom stereocenters. The highest BCUT2D eigenvalue weighted by Crippen LogP contribution is 2.49. The summed E-state index contributed by atoms with van der Waals surface area (Å²) >= 11 is 9.54. The van der Waals surface area contributed by atoms with Crippen LogP contribution in [0.4, 0.5) is 5.69 Å². The molecule has 2 aromatic rings. The molecule has 4 rings (SSSR count). The van der Waals surface area contributed by atoms with Crippen LogP contribution in [0, 0.1) is 10.1 Å². The number of aromatic hydroxyl groups is 1. The van der Waals surface area contributed by atoms with E-state index in [9.17, 15) is 29.9 Å². The standard InChI is InChI=1S/C20H8Br3NO7/c21-11-5-9-13(7-3-1-2-4-8(7)20(27)28)10-6-12(24(29)30)17(26)15(23)19(10)31-18(9)14(22)16(11)25/h1-6,26H,(H,27,28). The predicted molar refractivity (Wildman–Crippen MR) is 123 cm³/mol. The number of carboxylic acid groups (broad SMARTS) is 1. The molecule has 1 heterocycles. The van der Waals surface area contributed by atoms with Gasteiger partial charge in [-0.15, -0.1) is 0 Å². The molecule has 0 saturated heterocycles. The number of halogens is 3. The molecule has 11 heteroatoms. The van der Waals surface area contributed by atoms with Gasteiger partial charge in [-0.05, 0) is 65.5 Å². The second-order valence-corrected chi connectivity index (χ2v) is 8.84. The van der Waals surface area contributed by atoms with Gasteiger partial charge in [-0.3, -0.25) is 14.9 Å². The van der Waals surface area contributed by atoms with E-state index in [-0.39, 0.29) is 41.3 Å². The van der Waals surface area contributed by atoms with Crippen LogP contribution >= 0.6 is 47.8 Å². The van der Waals surface area contributed by atoms with Crippen molar-refractivity contribution in [1.29, 1.82) is 0 Å². The first-order valence-corrected chi connectivity index (χ1v) is 10.8. The second kappa shape index (κ2) is 7.74. The van der Waals surface area contributed by atoms with Crippen LogP contribution in [0.1, 0.15) is 10.4 Å². The van der Waals surface area contributed by atoms with E-state index < -0.39 is 27.8 Å². The molecule has 0 amide bonds. The number of carboxylic acids is 1. The van der Waals surface area contributed by atoms with Crippen molar-refractivity contribution in [3.8, 4) is 28.2 Å². The Bertz CT molecular complexity index is 1460. The first kappa shape index (κ1) is 21.5. The van der Waals surface area contributed by atoms with E-state index in [1.807, 2.05) is 0 Å². The molecule has 1 aliphatic heterocycles. The quantitative estimate of drug-likeness (QED) is 0.161. The molecule has 0 unspecified atom stereocenters. The van der Waals surface area contributed by atoms with Crippen molar-refractivity contribution < 1.29 is 24.3 Å². The second-order valence-electron chi connectivity index (χ2n) is 6.40. The van der Waals surface area contributed by atoms with Crippen molar-refractivity contribution in [3.63, 3.8) is 0 Å². The Labute approximate surface area is 198 Å². The van der Waals surface area contributed by atoms with Gasteiger partial charge in [0.25, 0.3) is 0 Å². The maximum atomic E-state index is 12.4. The number of phenolic OH excluding ortho intramolecular Hbond substituents is 1. The summed E-state index contributed by atoms with van der Waals surface area (Å²) in [5.41, 5.74) is -0.164. The Hall–Kier alpha value is -2.76. The summed E-state index contributed by atoms with van der Waals surface area (Å²) in [5.74, 6) is -1.78. The fourth-order valence-electron chi connectivity index (χ4n) is 3.33. The lowest BCUT2D eigenvalue weighted by Crippen LogP contribution is -2.08. The van der Waals surface area contributed by atoms with Gasteiger partial charge in [-0.1, -0.05) is 18.2 Å². The normalized spacial score (nSPS) is 11.2. The van der Waals surface area contributed by atoms with Crippen LogP contribution in [0.2, 0.25) is 0 Å². The zero-order chi connectivity index (χ0) is 22.6. The average Bonchev–Trinajstić information content (AvgIpc) is 2.73. The predicted octanol–water partition coefficient (Wildman–Crippen LogP) is 6.16. The molecule has 2 aliphatic rings. The van der Waals surface area contributed by atoms with E-state index in [0.29, 0.717) is 11.1 Å². The lowest BCUT2D eigenvalue weighted by molar-refractivity contribution is -0.385. The zero-order valence-electron chi connectivity index (χ0n) is 15.0. The summed E-state index contributed by atoms with van der Waals surface area (Å²) in [6, 6.07) is 8.70. The average molecular weight is 614 g/mol. The molecule has 1 aliphatic carbocycles. The molecule has 0 aromatic heterocycles. The summed E-state index contributed by atoms with van der Waals surface area (Å²) in [7, 11) is 0. The molecular formula is C20H8Br3NO7. The molecule has 0 radical (unpaired) electrons. The van der Waals surface area contributed by atoms with Gasteiger partial charge in [0.1, 0.15) is 8.95 Å². The van der Waals surface area contributed by atoms with Crippen LogP contribution in [0.3, 0.4) is 0 Å². The number of phenols is 1. The van der Waals surface area contributed by atoms with Crippen LogP contribution in [-0.2, 0) is 0 Å². The number of nitro benzene ring substituents is 1. The Kier molecular flexibility index (Phi) is 5.36. The van der Waals surface area contributed by atoms with Crippen molar-refractivity contribution in [3.05, 3.63) is 75.7 Å². The highest BCUT2D eigenvalue weighted by atomic mass is 79.9. The Morgan fingerprint density at radius 2 is 1.74 bits per heavy atom. The van der Waals surface area contributed by atoms with E-state index >= 15 is 0 Å². The number of aromatic carboxylic acids is 1. The van der Waals surface area contributed by atoms with Crippen LogP contribution in [0.5, 0.6) is 5.75 Å². The van der Waals surface area contributed by atoms with Crippen molar-refractivity contribution in [2.45, 2.75) is 0 Å². The molecule has 0 bridgehead atoms. The van der Waals surface area contributed by atoms with E-state index in [1.54, 1.807) is 18.2 Å². The van der Waals surface area contributed by atoms with Gasteiger partial charge in [0, 0.05) is 22.6 Å². The van der Waals surface area contributed by atoms with Crippen LogP contribution < -0.4 is 5.43 Å². The van der Waals surface area contributed by atoms with Crippen molar-refractivity contribution in [1.82, 2.24) is 0 Å². The van der Waals surface area contributed by atoms with Crippen LogP contribution in [0.25, 0.3) is 33.4 Å². The van der Waals surface area contributed by atoms with Gasteiger partial charge in [-0.25, -0.2) is 4.79 Å². The molecule has 8 nitrogen and oxygen atoms in total. The SMILES string of the molecule is O=C(O)c1ccccc1-c1c2cc(Br)c(=O)c(Br)c-2oc2c(Br)c(O)c([N+](=O)[O-])cc12. The van der Waals surface area contributed by atoms with Gasteiger partial charge in [0.15, 0.2) is 11.3 Å². The lowest BCUT2D eigenvalue weighted by Gasteiger charge is -2.18. The molecule has 0 fully saturated rings. The monoisotopic (exact) mass is 611 g/mol. The number of nitro groups is 1. The molecule has 31 heavy (non-hydrogen) atoms. The van der Waals surface area contributed by atoms with Gasteiger partial charge < -0.3 is 14.6 Å². The third-order valence-electron chi connectivity index (χ3n) is 4.67. The molecule has 2 aromatic carbocycles. The highest BCUT2D eigenvalue weighted by Gasteiger charge is 2.29. The topological polar surface area (TPSA) is 131 Å². The van der Waals surface area contributed by atoms with Gasteiger partial charge >= 0.3 is 11.7 Å². The fraction of sp³-hybridized carbons (Fsp3) is 0. The molecule has 0 saturated carbocycles. The van der Waals surface area contributed by atoms with Crippen molar-refractivity contribution in [2.24, 2.45) is 0 Å². The maximum Gasteiger partial charge on any atom is 0.336 e. The minimum Gasteiger partial charge on any atom is -0.501 e. The highest BCUT2D eigenvalue weighted by molar-refractivity contribution is 9.11. The maximum absolute atomic E-state index is 12.4. The van der Waals surface area contributed by atoms with Gasteiger partial charge in [0.05, 0.1) is 15.0 Å². The minimum absolute atomic E-state index is 0.00761. The Balaban J connectivity index is 2.35. The van der Waals surface area contributed by atoms with Crippen LogP contribution in [-0.4, -0.2) is 21.1 Å². The van der Waals surface area contributed by atoms with E-state index in [1.165, 1.54) is 12.1 Å². The molecular weight excluding hydrogens is 606 g/mol. The zero-order valence-corrected chi connectivity index (χ0v) is 19.7. The number of nitrogens with zero attached hydrogens (tertiary/aromatic N) is 1. The Morgan fingerprint density at radius 1 is 1.06 bits per heavy atom. The number of hydrogen-bond donors (Lipinski definition) is 2. The molecule has 0 spiro atoms. The van der Waals surface area contributed by atoms with E-state index in [4.69, 9.17) is 4.42 Å². The largest absolute Gasteiger partial charge is 0.501 e. The van der Waals surface area contributed by atoms with Gasteiger partial charge in [0.2, 0.25) is 11.2 Å². The first-order chi connectivity index (χ1) is 14.6. The number of fused-ring (bicyclic) bond motifs is 2. The fourth-order valence-corrected chi connectivity index (χ4v) is 5.03. The molecule has 156 valence electrons. The number of carbonyl (C=O) groups is 1. The first-order valence-electron chi connectivity index (χ1n) is 8.40. The van der Waals surface area contributed by atoms with Crippen molar-refractivity contribution >= 4 is 70.4 Å². The summed E-state index contributed by atoms with van der Waals surface area (Å²) in [6.45, 7) is 0. The van der Waals surface area contributed by atoms with Crippen molar-refractivity contribution in [2.75, 3.05) is 0 Å².